The Kier molecular flexibility index (Phi) is 8.77. The number of nitrogens with one attached hydrogen (secondary N) is 1. The molecule has 1 amide bonds. The van der Waals surface area contributed by atoms with E-state index >= 15 is 0 Å². The van der Waals surface area contributed by atoms with E-state index in [4.69, 9.17) is 19.8 Å². The van der Waals surface area contributed by atoms with Gasteiger partial charge in [-0.05, 0) is 62.6 Å². The van der Waals surface area contributed by atoms with Crippen LogP contribution in [-0.4, -0.2) is 65.6 Å². The lowest BCUT2D eigenvalue weighted by molar-refractivity contribution is -0.139. The highest BCUT2D eigenvalue weighted by Gasteiger charge is 2.45. The zero-order chi connectivity index (χ0) is 29.1. The molecule has 0 bridgehead atoms. The van der Waals surface area contributed by atoms with E-state index in [1.54, 1.807) is 13.2 Å². The average molecular weight is 585 g/mol. The third-order valence-electron chi connectivity index (χ3n) is 7.27. The molecular formula is C26H31F3N4O6S. The van der Waals surface area contributed by atoms with Crippen LogP contribution in [0.4, 0.5) is 18.0 Å². The number of amides is 1. The predicted octanol–water partition coefficient (Wildman–Crippen LogP) is 4.31. The van der Waals surface area contributed by atoms with Crippen LogP contribution >= 0.6 is 0 Å². The summed E-state index contributed by atoms with van der Waals surface area (Å²) in [6, 6.07) is 5.27. The number of carboxylic acid groups (broad SMARTS) is 1. The van der Waals surface area contributed by atoms with Gasteiger partial charge in [0.2, 0.25) is 0 Å². The lowest BCUT2D eigenvalue weighted by atomic mass is 10.1. The molecule has 0 radical (unpaired) electrons. The minimum atomic E-state index is -4.79. The highest BCUT2D eigenvalue weighted by molar-refractivity contribution is 7.92. The lowest BCUT2D eigenvalue weighted by Crippen LogP contribution is -2.33. The number of hydrogen-bond acceptors (Lipinski definition) is 7. The number of sulfone groups is 1. The maximum Gasteiger partial charge on any atom is 0.417 e. The first kappa shape index (κ1) is 29.8. The number of nitrogens with zero attached hydrogens (tertiary/aromatic N) is 3. The molecule has 0 unspecified atom stereocenters. The molecule has 2 aromatic rings. The second kappa shape index (κ2) is 11.8. The first-order chi connectivity index (χ1) is 18.8. The summed E-state index contributed by atoms with van der Waals surface area (Å²) in [7, 11) is -2.51. The Balaban J connectivity index is 0.000000350. The molecule has 1 aromatic carbocycles. The molecule has 218 valence electrons. The van der Waals surface area contributed by atoms with Crippen molar-refractivity contribution in [2.24, 2.45) is 7.05 Å². The molecule has 2 saturated carbocycles. The Bertz CT molecular complexity index is 1360. The normalized spacial score (nSPS) is 22.6. The van der Waals surface area contributed by atoms with Crippen LogP contribution in [0.2, 0.25) is 0 Å². The van der Waals surface area contributed by atoms with E-state index in [-0.39, 0.29) is 30.6 Å². The first-order valence-electron chi connectivity index (χ1n) is 12.9. The predicted molar refractivity (Wildman–Crippen MR) is 136 cm³/mol. The van der Waals surface area contributed by atoms with Gasteiger partial charge < -0.3 is 19.9 Å². The summed E-state index contributed by atoms with van der Waals surface area (Å²) in [5.41, 5.74) is -1.11. The zero-order valence-corrected chi connectivity index (χ0v) is 22.7. The lowest BCUT2D eigenvalue weighted by Gasteiger charge is -2.26. The summed E-state index contributed by atoms with van der Waals surface area (Å²) in [5, 5.41) is 21.7. The van der Waals surface area contributed by atoms with Gasteiger partial charge in [0, 0.05) is 32.0 Å². The van der Waals surface area contributed by atoms with E-state index in [9.17, 15) is 26.4 Å². The van der Waals surface area contributed by atoms with Crippen molar-refractivity contribution in [2.75, 3.05) is 13.2 Å². The third kappa shape index (κ3) is 7.13. The van der Waals surface area contributed by atoms with E-state index in [1.165, 1.54) is 16.9 Å². The summed E-state index contributed by atoms with van der Waals surface area (Å²) in [4.78, 5) is 9.29. The van der Waals surface area contributed by atoms with E-state index in [2.05, 4.69) is 10.4 Å². The summed E-state index contributed by atoms with van der Waals surface area (Å²) in [6.45, 7) is 1.22. The molecule has 0 spiro atoms. The minimum Gasteiger partial charge on any atom is -0.465 e. The van der Waals surface area contributed by atoms with Crippen molar-refractivity contribution in [3.8, 4) is 17.2 Å². The van der Waals surface area contributed by atoms with Gasteiger partial charge in [0.25, 0.3) is 0 Å². The van der Waals surface area contributed by atoms with Crippen molar-refractivity contribution in [2.45, 2.75) is 79.0 Å². The van der Waals surface area contributed by atoms with Gasteiger partial charge in [-0.1, -0.05) is 6.07 Å². The van der Waals surface area contributed by atoms with E-state index in [1.807, 2.05) is 6.07 Å². The largest absolute Gasteiger partial charge is 0.465 e. The van der Waals surface area contributed by atoms with Crippen molar-refractivity contribution in [3.05, 3.63) is 36.2 Å². The molecule has 1 aliphatic heterocycles. The maximum atomic E-state index is 13.8. The van der Waals surface area contributed by atoms with Crippen LogP contribution in [0.1, 0.15) is 50.5 Å². The summed E-state index contributed by atoms with van der Waals surface area (Å²) >= 11 is 0. The van der Waals surface area contributed by atoms with Gasteiger partial charge in [-0.2, -0.15) is 23.5 Å². The monoisotopic (exact) mass is 584 g/mol. The second-order valence-corrected chi connectivity index (χ2v) is 12.5. The molecule has 40 heavy (non-hydrogen) atoms. The molecule has 2 N–H and O–H groups in total. The Morgan fingerprint density at radius 3 is 2.42 bits per heavy atom. The molecule has 1 saturated heterocycles. The number of aromatic nitrogens is 2. The van der Waals surface area contributed by atoms with Crippen LogP contribution in [0.5, 0.6) is 0 Å². The number of alkyl halides is 3. The number of carbonyl (C=O) groups is 1. The minimum absolute atomic E-state index is 0.0182. The van der Waals surface area contributed by atoms with Gasteiger partial charge in [-0.3, -0.25) is 4.68 Å². The first-order valence-corrected chi connectivity index (χ1v) is 14.5. The van der Waals surface area contributed by atoms with Crippen LogP contribution in [0, 0.1) is 11.3 Å². The molecule has 3 aliphatic rings. The van der Waals surface area contributed by atoms with Gasteiger partial charge in [-0.15, -0.1) is 0 Å². The van der Waals surface area contributed by atoms with Crippen LogP contribution < -0.4 is 5.32 Å². The Morgan fingerprint density at radius 1 is 1.20 bits per heavy atom. The number of aryl methyl sites for hydroxylation is 1. The van der Waals surface area contributed by atoms with E-state index < -0.39 is 43.4 Å². The molecule has 3 fully saturated rings. The zero-order valence-electron chi connectivity index (χ0n) is 21.9. The number of hydrogen-bond donors (Lipinski definition) is 2. The Hall–Kier alpha value is -3.15. The quantitative estimate of drug-likeness (QED) is 0.512. The van der Waals surface area contributed by atoms with Gasteiger partial charge in [0.15, 0.2) is 9.84 Å². The Morgan fingerprint density at radius 2 is 1.90 bits per heavy atom. The fourth-order valence-electron chi connectivity index (χ4n) is 4.91. The number of ether oxygens (including phenoxy) is 2. The highest BCUT2D eigenvalue weighted by atomic mass is 32.2. The van der Waals surface area contributed by atoms with Crippen LogP contribution in [-0.2, 0) is 32.5 Å². The molecule has 2 atom stereocenters. The van der Waals surface area contributed by atoms with Crippen LogP contribution in [0.3, 0.4) is 0 Å². The smallest absolute Gasteiger partial charge is 0.417 e. The fourth-order valence-corrected chi connectivity index (χ4v) is 6.93. The van der Waals surface area contributed by atoms with Crippen molar-refractivity contribution in [3.63, 3.8) is 0 Å². The number of benzene rings is 1. The van der Waals surface area contributed by atoms with E-state index in [0.29, 0.717) is 38.0 Å². The molecular weight excluding hydrogens is 553 g/mol. The maximum absolute atomic E-state index is 13.8. The third-order valence-corrected chi connectivity index (χ3v) is 9.54. The fraction of sp³-hybridized carbons (Fsp3) is 0.577. The molecule has 2 heterocycles. The Labute approximate surface area is 230 Å². The number of nitriles is 1. The SMILES string of the molecule is Cn1cc(-c2ccc(S(=O)(=O)[C@@H]3CC[C@@H](OC4CCOCC4)C3)c(C(F)(F)F)c2)cn1.N#CC1(NC(=O)O)CC1. The van der Waals surface area contributed by atoms with Gasteiger partial charge in [-0.25, -0.2) is 13.2 Å². The van der Waals surface area contributed by atoms with Gasteiger partial charge in [0.05, 0.1) is 40.2 Å². The number of halogens is 3. The van der Waals surface area contributed by atoms with Crippen molar-refractivity contribution >= 4 is 15.9 Å². The molecule has 14 heteroatoms. The van der Waals surface area contributed by atoms with Crippen molar-refractivity contribution in [1.82, 2.24) is 15.1 Å². The van der Waals surface area contributed by atoms with Crippen molar-refractivity contribution in [1.29, 1.82) is 5.26 Å². The van der Waals surface area contributed by atoms with E-state index in [0.717, 1.165) is 25.0 Å². The molecule has 10 nitrogen and oxygen atoms in total. The van der Waals surface area contributed by atoms with Crippen LogP contribution in [0.15, 0.2) is 35.5 Å². The van der Waals surface area contributed by atoms with Crippen molar-refractivity contribution < 1.29 is 41.0 Å². The summed E-state index contributed by atoms with van der Waals surface area (Å²) in [5.74, 6) is 0. The van der Waals surface area contributed by atoms with Gasteiger partial charge >= 0.3 is 12.3 Å². The summed E-state index contributed by atoms with van der Waals surface area (Å²) < 4.78 is 80.7. The number of rotatable bonds is 6. The summed E-state index contributed by atoms with van der Waals surface area (Å²) in [6.07, 6.45) is 0.700. The van der Waals surface area contributed by atoms with Crippen LogP contribution in [0.25, 0.3) is 11.1 Å². The second-order valence-electron chi connectivity index (χ2n) is 10.3. The average Bonchev–Trinajstić information content (AvgIpc) is 3.27. The topological polar surface area (TPSA) is 144 Å². The highest BCUT2D eigenvalue weighted by Crippen LogP contribution is 2.41. The van der Waals surface area contributed by atoms with Gasteiger partial charge in [0.1, 0.15) is 5.54 Å². The standard InChI is InChI=1S/C21H25F3N2O4S.C5H6N2O2/c1-26-13-15(12-25-26)14-2-5-20(19(10-14)21(22,23)24)31(27,28)18-4-3-17(11-18)30-16-6-8-29-9-7-16;6-3-5(1-2-5)7-4(8)9/h2,5,10,12-13,16-18H,3-4,6-9,11H2,1H3;7H,1-2H2,(H,8,9)/t17-,18-;/m1./s1. The molecule has 5 rings (SSSR count). The molecule has 2 aliphatic carbocycles. The molecule has 1 aromatic heterocycles.